The van der Waals surface area contributed by atoms with E-state index in [4.69, 9.17) is 9.47 Å². The molecule has 27 heavy (non-hydrogen) atoms. The zero-order chi connectivity index (χ0) is 19.4. The van der Waals surface area contributed by atoms with Crippen LogP contribution in [0.3, 0.4) is 0 Å². The summed E-state index contributed by atoms with van der Waals surface area (Å²) < 4.78 is 49.0. The Balaban J connectivity index is 1.61. The van der Waals surface area contributed by atoms with E-state index in [0.29, 0.717) is 30.4 Å². The Morgan fingerprint density at radius 2 is 1.74 bits per heavy atom. The van der Waals surface area contributed by atoms with Crippen LogP contribution in [0.15, 0.2) is 47.4 Å². The Hall–Kier alpha value is -2.35. The molecule has 0 aromatic heterocycles. The molecule has 1 atom stereocenters. The molecule has 2 aromatic rings. The van der Waals surface area contributed by atoms with Gasteiger partial charge in [0, 0.05) is 17.0 Å². The maximum absolute atomic E-state index is 12.6. The number of halogens is 3. The van der Waals surface area contributed by atoms with Crippen LogP contribution in [0, 0.1) is 0 Å². The van der Waals surface area contributed by atoms with Crippen molar-refractivity contribution in [3.63, 3.8) is 0 Å². The highest BCUT2D eigenvalue weighted by molar-refractivity contribution is 8.00. The number of carbonyl (C=O) groups is 1. The van der Waals surface area contributed by atoms with E-state index in [2.05, 4.69) is 5.32 Å². The fourth-order valence-electron chi connectivity index (χ4n) is 2.46. The number of rotatable bonds is 4. The summed E-state index contributed by atoms with van der Waals surface area (Å²) >= 11 is 1.33. The van der Waals surface area contributed by atoms with Crippen LogP contribution in [0.1, 0.15) is 18.9 Å². The number of anilines is 1. The molecule has 144 valence electrons. The van der Waals surface area contributed by atoms with Gasteiger partial charge in [-0.1, -0.05) is 0 Å². The predicted molar refractivity (Wildman–Crippen MR) is 97.4 cm³/mol. The summed E-state index contributed by atoms with van der Waals surface area (Å²) in [6.07, 6.45) is -3.59. The van der Waals surface area contributed by atoms with Crippen LogP contribution in [0.2, 0.25) is 0 Å². The van der Waals surface area contributed by atoms with Gasteiger partial charge < -0.3 is 14.8 Å². The number of hydrogen-bond acceptors (Lipinski definition) is 4. The topological polar surface area (TPSA) is 47.6 Å². The lowest BCUT2D eigenvalue weighted by molar-refractivity contribution is -0.137. The molecule has 0 radical (unpaired) electrons. The van der Waals surface area contributed by atoms with Crippen LogP contribution in [0.25, 0.3) is 0 Å². The molecule has 1 aliphatic rings. The largest absolute Gasteiger partial charge is 0.490 e. The quantitative estimate of drug-likeness (QED) is 0.739. The molecule has 0 bridgehead atoms. The Morgan fingerprint density at radius 3 is 2.41 bits per heavy atom. The van der Waals surface area contributed by atoms with E-state index < -0.39 is 17.0 Å². The molecule has 1 aliphatic heterocycles. The van der Waals surface area contributed by atoms with Gasteiger partial charge in [-0.3, -0.25) is 4.79 Å². The first kappa shape index (κ1) is 19.4. The minimum absolute atomic E-state index is 0.299. The Kier molecular flexibility index (Phi) is 5.84. The number of nitrogens with one attached hydrogen (secondary N) is 1. The van der Waals surface area contributed by atoms with E-state index in [0.717, 1.165) is 23.4 Å². The summed E-state index contributed by atoms with van der Waals surface area (Å²) in [5, 5.41) is 2.18. The van der Waals surface area contributed by atoms with Gasteiger partial charge in [0.05, 0.1) is 24.0 Å². The minimum Gasteiger partial charge on any atom is -0.490 e. The van der Waals surface area contributed by atoms with Crippen LogP contribution >= 0.6 is 11.8 Å². The third-order valence-corrected chi connectivity index (χ3v) is 4.97. The number of carbonyl (C=O) groups excluding carboxylic acids is 1. The number of hydrogen-bond donors (Lipinski definition) is 1. The van der Waals surface area contributed by atoms with E-state index in [9.17, 15) is 18.0 Å². The smallest absolute Gasteiger partial charge is 0.416 e. The fraction of sp³-hybridized carbons (Fsp3) is 0.316. The van der Waals surface area contributed by atoms with Gasteiger partial charge >= 0.3 is 6.18 Å². The average Bonchev–Trinajstić information content (AvgIpc) is 2.86. The van der Waals surface area contributed by atoms with Crippen LogP contribution in [0.5, 0.6) is 11.5 Å². The van der Waals surface area contributed by atoms with Gasteiger partial charge in [-0.15, -0.1) is 11.8 Å². The van der Waals surface area contributed by atoms with Gasteiger partial charge in [-0.25, -0.2) is 0 Å². The molecule has 0 spiro atoms. The van der Waals surface area contributed by atoms with Gasteiger partial charge in [0.1, 0.15) is 0 Å². The van der Waals surface area contributed by atoms with Crippen molar-refractivity contribution in [3.05, 3.63) is 48.0 Å². The summed E-state index contributed by atoms with van der Waals surface area (Å²) in [6, 6.07) is 9.85. The zero-order valence-corrected chi connectivity index (χ0v) is 15.3. The number of alkyl halides is 3. The van der Waals surface area contributed by atoms with Crippen LogP contribution in [0.4, 0.5) is 18.9 Å². The highest BCUT2D eigenvalue weighted by atomic mass is 32.2. The van der Waals surface area contributed by atoms with Gasteiger partial charge in [-0.05, 0) is 49.4 Å². The maximum Gasteiger partial charge on any atom is 0.416 e. The van der Waals surface area contributed by atoms with E-state index in [1.807, 2.05) is 18.2 Å². The number of thioether (sulfide) groups is 1. The van der Waals surface area contributed by atoms with Crippen molar-refractivity contribution < 1.29 is 27.4 Å². The fourth-order valence-corrected chi connectivity index (χ4v) is 3.36. The first-order valence-electron chi connectivity index (χ1n) is 8.37. The predicted octanol–water partition coefficient (Wildman–Crippen LogP) is 4.99. The number of fused-ring (bicyclic) bond motifs is 1. The SMILES string of the molecule is CC(Sc1ccc2c(c1)OCCCO2)C(=O)Nc1ccc(C(F)(F)F)cc1. The number of amides is 1. The molecule has 1 N–H and O–H groups in total. The molecule has 0 fully saturated rings. The molecule has 4 nitrogen and oxygen atoms in total. The molecule has 0 saturated carbocycles. The third-order valence-electron chi connectivity index (χ3n) is 3.88. The molecule has 2 aromatic carbocycles. The summed E-state index contributed by atoms with van der Waals surface area (Å²) in [4.78, 5) is 13.2. The molecular weight excluding hydrogens is 379 g/mol. The van der Waals surface area contributed by atoms with Crippen molar-refractivity contribution in [1.82, 2.24) is 0 Å². The lowest BCUT2D eigenvalue weighted by Crippen LogP contribution is -2.22. The van der Waals surface area contributed by atoms with E-state index in [1.54, 1.807) is 6.92 Å². The second kappa shape index (κ2) is 8.12. The van der Waals surface area contributed by atoms with Crippen molar-refractivity contribution in [2.45, 2.75) is 29.7 Å². The van der Waals surface area contributed by atoms with Crippen molar-refractivity contribution in [2.24, 2.45) is 0 Å². The second-order valence-corrected chi connectivity index (χ2v) is 7.40. The highest BCUT2D eigenvalue weighted by Crippen LogP contribution is 2.35. The summed E-state index contributed by atoms with van der Waals surface area (Å²) in [6.45, 7) is 2.91. The third kappa shape index (κ3) is 5.09. The van der Waals surface area contributed by atoms with Gasteiger partial charge in [-0.2, -0.15) is 13.2 Å². The normalized spacial score (nSPS) is 15.0. The van der Waals surface area contributed by atoms with Gasteiger partial charge in [0.25, 0.3) is 0 Å². The number of ether oxygens (including phenoxy) is 2. The van der Waals surface area contributed by atoms with Crippen molar-refractivity contribution >= 4 is 23.4 Å². The highest BCUT2D eigenvalue weighted by Gasteiger charge is 2.30. The molecule has 1 heterocycles. The molecule has 0 saturated heterocycles. The average molecular weight is 397 g/mol. The van der Waals surface area contributed by atoms with Crippen molar-refractivity contribution in [1.29, 1.82) is 0 Å². The second-order valence-electron chi connectivity index (χ2n) is 5.98. The van der Waals surface area contributed by atoms with E-state index in [-0.39, 0.29) is 5.91 Å². The molecular formula is C19H18F3NO3S. The van der Waals surface area contributed by atoms with Gasteiger partial charge in [0.15, 0.2) is 11.5 Å². The standard InChI is InChI=1S/C19H18F3NO3S/c1-12(18(24)23-14-5-3-13(4-6-14)19(20,21)22)27-15-7-8-16-17(11-15)26-10-2-9-25-16/h3-8,11-12H,2,9-10H2,1H3,(H,23,24). The molecule has 1 unspecified atom stereocenters. The summed E-state index contributed by atoms with van der Waals surface area (Å²) in [5.41, 5.74) is -0.436. The lowest BCUT2D eigenvalue weighted by Gasteiger charge is -2.14. The van der Waals surface area contributed by atoms with Crippen LogP contribution in [-0.4, -0.2) is 24.4 Å². The first-order valence-corrected chi connectivity index (χ1v) is 9.25. The molecule has 8 heteroatoms. The van der Waals surface area contributed by atoms with E-state index in [1.165, 1.54) is 23.9 Å². The van der Waals surface area contributed by atoms with Crippen molar-refractivity contribution in [3.8, 4) is 11.5 Å². The minimum atomic E-state index is -4.40. The Bertz CT molecular complexity index is 809. The van der Waals surface area contributed by atoms with Crippen LogP contribution in [-0.2, 0) is 11.0 Å². The Labute approximate surface area is 159 Å². The lowest BCUT2D eigenvalue weighted by atomic mass is 10.2. The Morgan fingerprint density at radius 1 is 1.07 bits per heavy atom. The summed E-state index contributed by atoms with van der Waals surface area (Å²) in [5.74, 6) is 1.03. The zero-order valence-electron chi connectivity index (χ0n) is 14.5. The molecule has 0 aliphatic carbocycles. The van der Waals surface area contributed by atoms with Crippen molar-refractivity contribution in [2.75, 3.05) is 18.5 Å². The maximum atomic E-state index is 12.6. The van der Waals surface area contributed by atoms with Crippen LogP contribution < -0.4 is 14.8 Å². The molecule has 1 amide bonds. The van der Waals surface area contributed by atoms with Gasteiger partial charge in [0.2, 0.25) is 5.91 Å². The monoisotopic (exact) mass is 397 g/mol. The number of benzene rings is 2. The first-order chi connectivity index (χ1) is 12.8. The summed E-state index contributed by atoms with van der Waals surface area (Å²) in [7, 11) is 0. The molecule has 3 rings (SSSR count). The van der Waals surface area contributed by atoms with E-state index >= 15 is 0 Å².